The van der Waals surface area contributed by atoms with Gasteiger partial charge in [0.05, 0.1) is 12.1 Å². The first-order chi connectivity index (χ1) is 8.72. The number of nitrogens with two attached hydrogens (primary N) is 1. The molecule has 96 valence electrons. The highest BCUT2D eigenvalue weighted by Gasteiger charge is 2.33. The molecule has 1 aromatic heterocycles. The molecule has 3 N–H and O–H groups in total. The Bertz CT molecular complexity index is 497. The summed E-state index contributed by atoms with van der Waals surface area (Å²) in [4.78, 5) is 4.98. The minimum atomic E-state index is -0.780. The number of aliphatic hydroxyl groups is 1. The topological polar surface area (TPSA) is 59.1 Å². The lowest BCUT2D eigenvalue weighted by atomic mass is 9.77. The lowest BCUT2D eigenvalue weighted by Crippen LogP contribution is -2.41. The molecule has 2 rings (SSSR count). The summed E-state index contributed by atoms with van der Waals surface area (Å²) in [5.74, 6) is -0.332. The zero-order chi connectivity index (χ0) is 13.0. The number of hydrogen-bond donors (Lipinski definition) is 2. The fourth-order valence-corrected chi connectivity index (χ4v) is 2.78. The fourth-order valence-electron chi connectivity index (χ4n) is 2.04. The molecule has 18 heavy (non-hydrogen) atoms. The van der Waals surface area contributed by atoms with E-state index >= 15 is 0 Å². The van der Waals surface area contributed by atoms with Crippen LogP contribution in [0, 0.1) is 5.82 Å². The minimum Gasteiger partial charge on any atom is -0.395 e. The average molecular weight is 266 g/mol. The number of halogens is 1. The van der Waals surface area contributed by atoms with E-state index in [9.17, 15) is 9.50 Å². The van der Waals surface area contributed by atoms with E-state index in [2.05, 4.69) is 4.98 Å². The first kappa shape index (κ1) is 13.1. The van der Waals surface area contributed by atoms with E-state index in [-0.39, 0.29) is 19.0 Å². The molecule has 0 aliphatic heterocycles. The molecule has 1 unspecified atom stereocenters. The Labute approximate surface area is 109 Å². The Morgan fingerprint density at radius 1 is 1.39 bits per heavy atom. The Morgan fingerprint density at radius 3 is 2.72 bits per heavy atom. The Morgan fingerprint density at radius 2 is 2.17 bits per heavy atom. The SMILES string of the molecule is NCC(CO)(Cc1cncs1)c1ccccc1F. The van der Waals surface area contributed by atoms with E-state index in [1.165, 1.54) is 17.4 Å². The van der Waals surface area contributed by atoms with Crippen LogP contribution < -0.4 is 5.73 Å². The summed E-state index contributed by atoms with van der Waals surface area (Å²) in [6.07, 6.45) is 2.22. The van der Waals surface area contributed by atoms with Crippen LogP contribution in [0.25, 0.3) is 0 Å². The number of hydrogen-bond acceptors (Lipinski definition) is 4. The molecule has 0 spiro atoms. The van der Waals surface area contributed by atoms with Gasteiger partial charge < -0.3 is 10.8 Å². The van der Waals surface area contributed by atoms with Gasteiger partial charge in [-0.25, -0.2) is 4.39 Å². The summed E-state index contributed by atoms with van der Waals surface area (Å²) >= 11 is 1.48. The van der Waals surface area contributed by atoms with Crippen molar-refractivity contribution in [3.05, 3.63) is 52.2 Å². The van der Waals surface area contributed by atoms with Gasteiger partial charge in [-0.05, 0) is 18.1 Å². The third kappa shape index (κ3) is 2.43. The van der Waals surface area contributed by atoms with Gasteiger partial charge in [-0.15, -0.1) is 11.3 Å². The normalized spacial score (nSPS) is 14.4. The Kier molecular flexibility index (Phi) is 4.06. The van der Waals surface area contributed by atoms with Crippen LogP contribution in [0.3, 0.4) is 0 Å². The fraction of sp³-hybridized carbons (Fsp3) is 0.308. The van der Waals surface area contributed by atoms with Crippen molar-refractivity contribution in [1.29, 1.82) is 0 Å². The van der Waals surface area contributed by atoms with Crippen molar-refractivity contribution in [2.45, 2.75) is 11.8 Å². The molecule has 0 fully saturated rings. The van der Waals surface area contributed by atoms with Gasteiger partial charge in [0.25, 0.3) is 0 Å². The van der Waals surface area contributed by atoms with Gasteiger partial charge in [-0.3, -0.25) is 4.98 Å². The lowest BCUT2D eigenvalue weighted by molar-refractivity contribution is 0.193. The summed E-state index contributed by atoms with van der Waals surface area (Å²) in [5.41, 5.74) is 7.19. The standard InChI is InChI=1S/C13H15FN2OS/c14-12-4-2-1-3-11(12)13(7-15,8-17)5-10-6-16-9-18-10/h1-4,6,9,17H,5,7-8,15H2. The maximum atomic E-state index is 13.9. The van der Waals surface area contributed by atoms with Crippen LogP contribution in [0.2, 0.25) is 0 Å². The van der Waals surface area contributed by atoms with Gasteiger partial charge in [-0.1, -0.05) is 18.2 Å². The van der Waals surface area contributed by atoms with Gasteiger partial charge in [0.15, 0.2) is 0 Å². The molecule has 0 aliphatic rings. The average Bonchev–Trinajstić information content (AvgIpc) is 2.90. The lowest BCUT2D eigenvalue weighted by Gasteiger charge is -2.30. The first-order valence-electron chi connectivity index (χ1n) is 5.65. The van der Waals surface area contributed by atoms with Gasteiger partial charge in [0, 0.05) is 23.0 Å². The highest BCUT2D eigenvalue weighted by molar-refractivity contribution is 7.09. The van der Waals surface area contributed by atoms with Crippen LogP contribution in [-0.4, -0.2) is 23.2 Å². The van der Waals surface area contributed by atoms with E-state index in [4.69, 9.17) is 5.73 Å². The predicted molar refractivity (Wildman–Crippen MR) is 70.0 cm³/mol. The molecule has 5 heteroatoms. The van der Waals surface area contributed by atoms with Crippen LogP contribution in [-0.2, 0) is 11.8 Å². The molecule has 0 saturated heterocycles. The number of thiazole rings is 1. The molecular formula is C13H15FN2OS. The van der Waals surface area contributed by atoms with Crippen molar-refractivity contribution in [2.75, 3.05) is 13.2 Å². The molecule has 0 radical (unpaired) electrons. The summed E-state index contributed by atoms with van der Waals surface area (Å²) < 4.78 is 13.9. The van der Waals surface area contributed by atoms with Crippen molar-refractivity contribution in [2.24, 2.45) is 5.73 Å². The third-order valence-electron chi connectivity index (χ3n) is 3.13. The number of aliphatic hydroxyl groups excluding tert-OH is 1. The third-order valence-corrected chi connectivity index (χ3v) is 3.91. The van der Waals surface area contributed by atoms with E-state index in [0.717, 1.165) is 4.88 Å². The molecule has 3 nitrogen and oxygen atoms in total. The van der Waals surface area contributed by atoms with Crippen molar-refractivity contribution in [3.63, 3.8) is 0 Å². The van der Waals surface area contributed by atoms with Crippen molar-refractivity contribution in [3.8, 4) is 0 Å². The molecule has 1 atom stereocenters. The van der Waals surface area contributed by atoms with Crippen LogP contribution in [0.4, 0.5) is 4.39 Å². The second kappa shape index (κ2) is 5.56. The zero-order valence-corrected chi connectivity index (χ0v) is 10.7. The maximum absolute atomic E-state index is 13.9. The van der Waals surface area contributed by atoms with Crippen molar-refractivity contribution < 1.29 is 9.50 Å². The molecule has 1 heterocycles. The predicted octanol–water partition coefficient (Wildman–Crippen LogP) is 1.71. The van der Waals surface area contributed by atoms with Gasteiger partial charge in [0.2, 0.25) is 0 Å². The number of rotatable bonds is 5. The molecule has 0 saturated carbocycles. The van der Waals surface area contributed by atoms with Crippen LogP contribution in [0.15, 0.2) is 36.0 Å². The van der Waals surface area contributed by atoms with E-state index in [0.29, 0.717) is 12.0 Å². The molecular weight excluding hydrogens is 251 g/mol. The van der Waals surface area contributed by atoms with Crippen molar-refractivity contribution in [1.82, 2.24) is 4.98 Å². The van der Waals surface area contributed by atoms with E-state index in [1.807, 2.05) is 0 Å². The van der Waals surface area contributed by atoms with Crippen LogP contribution in [0.1, 0.15) is 10.4 Å². The van der Waals surface area contributed by atoms with Crippen molar-refractivity contribution >= 4 is 11.3 Å². The quantitative estimate of drug-likeness (QED) is 0.866. The minimum absolute atomic E-state index is 0.183. The van der Waals surface area contributed by atoms with Gasteiger partial charge >= 0.3 is 0 Å². The van der Waals surface area contributed by atoms with Crippen LogP contribution in [0.5, 0.6) is 0 Å². The molecule has 0 bridgehead atoms. The maximum Gasteiger partial charge on any atom is 0.127 e. The largest absolute Gasteiger partial charge is 0.395 e. The summed E-state index contributed by atoms with van der Waals surface area (Å²) in [7, 11) is 0. The summed E-state index contributed by atoms with van der Waals surface area (Å²) in [6.45, 7) is -0.00926. The van der Waals surface area contributed by atoms with E-state index < -0.39 is 5.41 Å². The van der Waals surface area contributed by atoms with Crippen LogP contribution >= 0.6 is 11.3 Å². The Hall–Kier alpha value is -1.30. The second-order valence-corrected chi connectivity index (χ2v) is 5.24. The highest BCUT2D eigenvalue weighted by atomic mass is 32.1. The number of aromatic nitrogens is 1. The smallest absolute Gasteiger partial charge is 0.127 e. The van der Waals surface area contributed by atoms with Gasteiger partial charge in [0.1, 0.15) is 5.82 Å². The summed E-state index contributed by atoms with van der Waals surface area (Å²) in [5, 5.41) is 9.69. The van der Waals surface area contributed by atoms with E-state index in [1.54, 1.807) is 29.9 Å². The Balaban J connectivity index is 2.40. The zero-order valence-electron chi connectivity index (χ0n) is 9.84. The second-order valence-electron chi connectivity index (χ2n) is 4.27. The molecule has 1 aromatic carbocycles. The number of nitrogens with zero attached hydrogens (tertiary/aromatic N) is 1. The first-order valence-corrected chi connectivity index (χ1v) is 6.53. The number of benzene rings is 1. The summed E-state index contributed by atoms with van der Waals surface area (Å²) in [6, 6.07) is 6.46. The highest BCUT2D eigenvalue weighted by Crippen LogP contribution is 2.30. The van der Waals surface area contributed by atoms with Gasteiger partial charge in [-0.2, -0.15) is 0 Å². The monoisotopic (exact) mass is 266 g/mol. The molecule has 0 amide bonds. The molecule has 0 aliphatic carbocycles. The molecule has 2 aromatic rings.